The molecule has 0 bridgehead atoms. The molecule has 6 heteroatoms. The van der Waals surface area contributed by atoms with Crippen LogP contribution in [0.4, 0.5) is 4.39 Å². The van der Waals surface area contributed by atoms with Gasteiger partial charge in [0.05, 0.1) is 5.52 Å². The summed E-state index contributed by atoms with van der Waals surface area (Å²) in [5, 5.41) is 9.15. The molecule has 0 aliphatic carbocycles. The summed E-state index contributed by atoms with van der Waals surface area (Å²) in [6.07, 6.45) is 1.71. The third-order valence-electron chi connectivity index (χ3n) is 2.99. The molecule has 2 aromatic heterocycles. The Morgan fingerprint density at radius 2 is 2.14 bits per heavy atom. The number of hydrogen-bond donors (Lipinski definition) is 1. The van der Waals surface area contributed by atoms with E-state index < -0.39 is 11.8 Å². The second-order valence-electron chi connectivity index (χ2n) is 4.38. The Bertz CT molecular complexity index is 814. The van der Waals surface area contributed by atoms with E-state index in [2.05, 4.69) is 4.98 Å². The maximum absolute atomic E-state index is 13.1. The van der Waals surface area contributed by atoms with E-state index in [4.69, 9.17) is 9.84 Å². The first-order chi connectivity index (χ1) is 10.1. The van der Waals surface area contributed by atoms with Crippen molar-refractivity contribution in [1.82, 2.24) is 9.38 Å². The molecule has 1 N–H and O–H groups in total. The van der Waals surface area contributed by atoms with Gasteiger partial charge in [0.2, 0.25) is 0 Å². The molecular weight excluding hydrogens is 275 g/mol. The van der Waals surface area contributed by atoms with Crippen molar-refractivity contribution in [1.29, 1.82) is 0 Å². The second kappa shape index (κ2) is 5.24. The Morgan fingerprint density at radius 1 is 1.29 bits per heavy atom. The van der Waals surface area contributed by atoms with E-state index in [9.17, 15) is 9.18 Å². The lowest BCUT2D eigenvalue weighted by Crippen LogP contribution is -2.01. The van der Waals surface area contributed by atoms with Gasteiger partial charge in [-0.05, 0) is 24.3 Å². The molecule has 2 heterocycles. The average Bonchev–Trinajstić information content (AvgIpc) is 2.84. The number of ether oxygens (including phenoxy) is 1. The van der Waals surface area contributed by atoms with Crippen molar-refractivity contribution in [3.8, 4) is 5.75 Å². The van der Waals surface area contributed by atoms with Gasteiger partial charge in [-0.1, -0.05) is 12.1 Å². The first kappa shape index (κ1) is 13.1. The van der Waals surface area contributed by atoms with Crippen molar-refractivity contribution in [3.63, 3.8) is 0 Å². The van der Waals surface area contributed by atoms with E-state index in [0.29, 0.717) is 17.1 Å². The van der Waals surface area contributed by atoms with Crippen LogP contribution in [0.3, 0.4) is 0 Å². The standard InChI is InChI=1S/C15H11FN2O3/c16-10-4-3-5-11(8-10)21-9-13-17-14(15(19)20)12-6-1-2-7-18(12)13/h1-8H,9H2,(H,19,20). The summed E-state index contributed by atoms with van der Waals surface area (Å²) in [6, 6.07) is 10.9. The molecule has 0 aliphatic heterocycles. The molecule has 106 valence electrons. The van der Waals surface area contributed by atoms with Crippen molar-refractivity contribution in [3.05, 3.63) is 66.0 Å². The first-order valence-corrected chi connectivity index (χ1v) is 6.23. The quantitative estimate of drug-likeness (QED) is 0.801. The molecule has 0 amide bonds. The smallest absolute Gasteiger partial charge is 0.356 e. The molecule has 0 spiro atoms. The maximum Gasteiger partial charge on any atom is 0.356 e. The van der Waals surface area contributed by atoms with Crippen LogP contribution in [-0.2, 0) is 6.61 Å². The summed E-state index contributed by atoms with van der Waals surface area (Å²) in [7, 11) is 0. The highest BCUT2D eigenvalue weighted by molar-refractivity contribution is 5.93. The van der Waals surface area contributed by atoms with Gasteiger partial charge in [-0.3, -0.25) is 4.40 Å². The van der Waals surface area contributed by atoms with Crippen LogP contribution in [0.15, 0.2) is 48.7 Å². The largest absolute Gasteiger partial charge is 0.486 e. The Hall–Kier alpha value is -2.89. The summed E-state index contributed by atoms with van der Waals surface area (Å²) < 4.78 is 20.2. The number of hydrogen-bond acceptors (Lipinski definition) is 3. The minimum absolute atomic E-state index is 0.0338. The van der Waals surface area contributed by atoms with Crippen LogP contribution in [-0.4, -0.2) is 20.5 Å². The molecule has 0 saturated carbocycles. The van der Waals surface area contributed by atoms with Crippen LogP contribution in [0, 0.1) is 5.82 Å². The number of imidazole rings is 1. The van der Waals surface area contributed by atoms with Crippen molar-refractivity contribution < 1.29 is 19.0 Å². The van der Waals surface area contributed by atoms with E-state index in [1.165, 1.54) is 18.2 Å². The third kappa shape index (κ3) is 2.55. The van der Waals surface area contributed by atoms with Crippen molar-refractivity contribution in [2.24, 2.45) is 0 Å². The van der Waals surface area contributed by atoms with Crippen LogP contribution >= 0.6 is 0 Å². The molecule has 3 aromatic rings. The second-order valence-corrected chi connectivity index (χ2v) is 4.38. The van der Waals surface area contributed by atoms with Crippen LogP contribution in [0.25, 0.3) is 5.52 Å². The number of pyridine rings is 1. The average molecular weight is 286 g/mol. The molecule has 0 aliphatic rings. The summed E-state index contributed by atoms with van der Waals surface area (Å²) in [4.78, 5) is 15.3. The minimum Gasteiger partial charge on any atom is -0.486 e. The lowest BCUT2D eigenvalue weighted by atomic mass is 10.3. The number of nitrogens with zero attached hydrogens (tertiary/aromatic N) is 2. The highest BCUT2D eigenvalue weighted by Gasteiger charge is 2.16. The third-order valence-corrected chi connectivity index (χ3v) is 2.99. The Morgan fingerprint density at radius 3 is 2.90 bits per heavy atom. The number of carboxylic acids is 1. The number of carbonyl (C=O) groups is 1. The van der Waals surface area contributed by atoms with Gasteiger partial charge in [-0.25, -0.2) is 14.2 Å². The fraction of sp³-hybridized carbons (Fsp3) is 0.0667. The Balaban J connectivity index is 1.92. The summed E-state index contributed by atoms with van der Waals surface area (Å²) in [6.45, 7) is 0.0436. The predicted molar refractivity (Wildman–Crippen MR) is 72.9 cm³/mol. The van der Waals surface area contributed by atoms with Gasteiger partial charge in [-0.15, -0.1) is 0 Å². The molecule has 0 fully saturated rings. The molecule has 0 radical (unpaired) electrons. The van der Waals surface area contributed by atoms with Crippen molar-refractivity contribution >= 4 is 11.5 Å². The highest BCUT2D eigenvalue weighted by Crippen LogP contribution is 2.17. The fourth-order valence-electron chi connectivity index (χ4n) is 2.07. The van der Waals surface area contributed by atoms with Gasteiger partial charge in [0, 0.05) is 12.3 Å². The van der Waals surface area contributed by atoms with E-state index in [1.807, 2.05) is 0 Å². The van der Waals surface area contributed by atoms with Crippen LogP contribution in [0.5, 0.6) is 5.75 Å². The number of benzene rings is 1. The molecular formula is C15H11FN2O3. The molecule has 0 saturated heterocycles. The lowest BCUT2D eigenvalue weighted by molar-refractivity contribution is 0.0693. The van der Waals surface area contributed by atoms with Gasteiger partial charge in [0.15, 0.2) is 11.5 Å². The van der Waals surface area contributed by atoms with Gasteiger partial charge in [0.25, 0.3) is 0 Å². The normalized spacial score (nSPS) is 10.7. The molecule has 21 heavy (non-hydrogen) atoms. The lowest BCUT2D eigenvalue weighted by Gasteiger charge is -2.05. The van der Waals surface area contributed by atoms with Crippen LogP contribution in [0.1, 0.15) is 16.3 Å². The molecule has 0 unspecified atom stereocenters. The van der Waals surface area contributed by atoms with E-state index in [-0.39, 0.29) is 12.3 Å². The van der Waals surface area contributed by atoms with E-state index >= 15 is 0 Å². The first-order valence-electron chi connectivity index (χ1n) is 6.23. The summed E-state index contributed by atoms with van der Waals surface area (Å²) >= 11 is 0. The maximum atomic E-state index is 13.1. The van der Waals surface area contributed by atoms with Crippen molar-refractivity contribution in [2.75, 3.05) is 0 Å². The number of aromatic nitrogens is 2. The fourth-order valence-corrected chi connectivity index (χ4v) is 2.07. The SMILES string of the molecule is O=C(O)c1nc(COc2cccc(F)c2)n2ccccc12. The number of fused-ring (bicyclic) bond motifs is 1. The van der Waals surface area contributed by atoms with Crippen LogP contribution in [0.2, 0.25) is 0 Å². The number of carboxylic acid groups (broad SMARTS) is 1. The van der Waals surface area contributed by atoms with Gasteiger partial charge < -0.3 is 9.84 Å². The molecule has 3 rings (SSSR count). The minimum atomic E-state index is -1.10. The monoisotopic (exact) mass is 286 g/mol. The molecule has 5 nitrogen and oxygen atoms in total. The molecule has 0 atom stereocenters. The molecule has 1 aromatic carbocycles. The zero-order chi connectivity index (χ0) is 14.8. The zero-order valence-corrected chi connectivity index (χ0v) is 10.9. The van der Waals surface area contributed by atoms with E-state index in [0.717, 1.165) is 0 Å². The zero-order valence-electron chi connectivity index (χ0n) is 10.9. The predicted octanol–water partition coefficient (Wildman–Crippen LogP) is 2.75. The summed E-state index contributed by atoms with van der Waals surface area (Å²) in [5.74, 6) is -0.700. The Labute approximate surface area is 119 Å². The number of rotatable bonds is 4. The van der Waals surface area contributed by atoms with Crippen molar-refractivity contribution in [2.45, 2.75) is 6.61 Å². The van der Waals surface area contributed by atoms with Gasteiger partial charge >= 0.3 is 5.97 Å². The number of halogens is 1. The topological polar surface area (TPSA) is 63.8 Å². The van der Waals surface area contributed by atoms with Crippen LogP contribution < -0.4 is 4.74 Å². The highest BCUT2D eigenvalue weighted by atomic mass is 19.1. The van der Waals surface area contributed by atoms with E-state index in [1.54, 1.807) is 34.9 Å². The van der Waals surface area contributed by atoms with Gasteiger partial charge in [0.1, 0.15) is 18.2 Å². The summed E-state index contributed by atoms with van der Waals surface area (Å²) in [5.41, 5.74) is 0.455. The Kier molecular flexibility index (Phi) is 3.27. The number of aromatic carboxylic acids is 1. The van der Waals surface area contributed by atoms with Gasteiger partial charge in [-0.2, -0.15) is 0 Å².